The van der Waals surface area contributed by atoms with E-state index in [1.165, 1.54) is 6.20 Å². The number of hydrogen-bond donors (Lipinski definition) is 1. The summed E-state index contributed by atoms with van der Waals surface area (Å²) in [4.78, 5) is 46.4. The first kappa shape index (κ1) is 28.5. The molecule has 6 rings (SSSR count). The van der Waals surface area contributed by atoms with Crippen LogP contribution in [-0.2, 0) is 11.3 Å². The van der Waals surface area contributed by atoms with Gasteiger partial charge < -0.3 is 24.6 Å². The van der Waals surface area contributed by atoms with Crippen molar-refractivity contribution in [3.05, 3.63) is 46.9 Å². The number of rotatable bonds is 9. The second kappa shape index (κ2) is 11.9. The number of ether oxygens (including phenoxy) is 2. The summed E-state index contributed by atoms with van der Waals surface area (Å²) in [6.07, 6.45) is 3.31. The van der Waals surface area contributed by atoms with E-state index in [1.807, 2.05) is 25.1 Å². The van der Waals surface area contributed by atoms with Crippen molar-refractivity contribution < 1.29 is 14.3 Å². The Morgan fingerprint density at radius 3 is 2.60 bits per heavy atom. The Labute approximate surface area is 249 Å². The minimum absolute atomic E-state index is 0.0206. The van der Waals surface area contributed by atoms with Gasteiger partial charge in [0.2, 0.25) is 5.95 Å². The minimum Gasteiger partial charge on any atom is -0.495 e. The number of unbranched alkanes of at least 4 members (excludes halogenated alkanes) is 1. The summed E-state index contributed by atoms with van der Waals surface area (Å²) in [5.74, 6) is 2.37. The van der Waals surface area contributed by atoms with Crippen LogP contribution in [0.3, 0.4) is 0 Å². The number of carbonyl (C=O) groups is 1. The van der Waals surface area contributed by atoms with Gasteiger partial charge in [-0.2, -0.15) is 4.98 Å². The molecule has 1 amide bonds. The molecule has 5 heterocycles. The lowest BCUT2D eigenvalue weighted by Gasteiger charge is -2.34. The van der Waals surface area contributed by atoms with Crippen LogP contribution in [0.2, 0.25) is 0 Å². The van der Waals surface area contributed by atoms with Crippen LogP contribution in [0.5, 0.6) is 11.5 Å². The van der Waals surface area contributed by atoms with Gasteiger partial charge in [-0.25, -0.2) is 19.3 Å². The lowest BCUT2D eigenvalue weighted by molar-refractivity contribution is -0.121. The van der Waals surface area contributed by atoms with Gasteiger partial charge in [0.25, 0.3) is 11.5 Å². The van der Waals surface area contributed by atoms with Crippen molar-refractivity contribution in [3.8, 4) is 17.3 Å². The number of amides is 1. The maximum Gasteiger partial charge on any atom is 0.278 e. The van der Waals surface area contributed by atoms with Crippen LogP contribution in [0.15, 0.2) is 41.3 Å². The average molecular weight is 588 g/mol. The van der Waals surface area contributed by atoms with Gasteiger partial charge in [0.15, 0.2) is 29.6 Å². The fourth-order valence-electron chi connectivity index (χ4n) is 5.53. The Balaban J connectivity index is 1.36. The first-order valence-electron chi connectivity index (χ1n) is 14.7. The Bertz CT molecular complexity index is 1710. The molecule has 0 unspecified atom stereocenters. The molecule has 13 nitrogen and oxygen atoms in total. The van der Waals surface area contributed by atoms with Crippen LogP contribution in [0.1, 0.15) is 26.7 Å². The van der Waals surface area contributed by atoms with E-state index in [0.717, 1.165) is 56.1 Å². The SMILES string of the molecule is CCCCN1C(=O)COc2ccc(-n3c4nc(Nc5ccc(N6CCN(C)CC6)c(OC)c5)ncc4c(=O)n3CC)nc21. The summed E-state index contributed by atoms with van der Waals surface area (Å²) in [5, 5.41) is 3.64. The fraction of sp³-hybridized carbons (Fsp3) is 0.433. The number of piperazine rings is 1. The minimum atomic E-state index is -0.225. The van der Waals surface area contributed by atoms with Crippen molar-refractivity contribution in [2.75, 3.05) is 68.6 Å². The predicted octanol–water partition coefficient (Wildman–Crippen LogP) is 3.03. The molecule has 13 heteroatoms. The summed E-state index contributed by atoms with van der Waals surface area (Å²) >= 11 is 0. The highest BCUT2D eigenvalue weighted by Gasteiger charge is 2.28. The molecule has 0 atom stereocenters. The quantitative estimate of drug-likeness (QED) is 0.313. The molecule has 1 N–H and O–H groups in total. The highest BCUT2D eigenvalue weighted by atomic mass is 16.5. The topological polar surface area (TPSA) is 123 Å². The van der Waals surface area contributed by atoms with Crippen LogP contribution in [-0.4, -0.2) is 88.6 Å². The van der Waals surface area contributed by atoms with Crippen LogP contribution < -0.4 is 30.1 Å². The van der Waals surface area contributed by atoms with Crippen molar-refractivity contribution in [2.24, 2.45) is 0 Å². The van der Waals surface area contributed by atoms with Crippen molar-refractivity contribution in [2.45, 2.75) is 33.2 Å². The first-order chi connectivity index (χ1) is 20.9. The molecule has 2 aliphatic heterocycles. The zero-order valence-electron chi connectivity index (χ0n) is 25.0. The number of benzene rings is 1. The van der Waals surface area contributed by atoms with Crippen molar-refractivity contribution in [1.82, 2.24) is 29.2 Å². The normalized spacial score (nSPS) is 15.5. The van der Waals surface area contributed by atoms with E-state index in [-0.39, 0.29) is 18.1 Å². The van der Waals surface area contributed by atoms with E-state index in [0.29, 0.717) is 47.5 Å². The van der Waals surface area contributed by atoms with Crippen LogP contribution in [0.25, 0.3) is 16.9 Å². The molecule has 3 aromatic heterocycles. The number of carbonyl (C=O) groups excluding carboxylic acids is 1. The van der Waals surface area contributed by atoms with Gasteiger partial charge in [-0.15, -0.1) is 0 Å². The molecule has 0 spiro atoms. The number of pyridine rings is 1. The number of hydrogen-bond acceptors (Lipinski definition) is 10. The molecule has 1 saturated heterocycles. The summed E-state index contributed by atoms with van der Waals surface area (Å²) in [6.45, 7) is 8.72. The second-order valence-corrected chi connectivity index (χ2v) is 10.7. The van der Waals surface area contributed by atoms with E-state index in [4.69, 9.17) is 19.4 Å². The third kappa shape index (κ3) is 5.36. The molecule has 0 aliphatic carbocycles. The Kier molecular flexibility index (Phi) is 7.89. The van der Waals surface area contributed by atoms with Crippen LogP contribution >= 0.6 is 0 Å². The van der Waals surface area contributed by atoms with E-state index in [2.05, 4.69) is 34.1 Å². The molecule has 0 radical (unpaired) electrons. The first-order valence-corrected chi connectivity index (χ1v) is 14.7. The summed E-state index contributed by atoms with van der Waals surface area (Å²) < 4.78 is 14.6. The molecule has 1 fully saturated rings. The summed E-state index contributed by atoms with van der Waals surface area (Å²) in [5.41, 5.74) is 1.98. The van der Waals surface area contributed by atoms with Crippen LogP contribution in [0, 0.1) is 0 Å². The number of nitrogens with zero attached hydrogens (tertiary/aromatic N) is 8. The van der Waals surface area contributed by atoms with E-state index in [9.17, 15) is 9.59 Å². The van der Waals surface area contributed by atoms with E-state index in [1.54, 1.807) is 33.5 Å². The Hall–Kier alpha value is -4.65. The number of aromatic nitrogens is 5. The second-order valence-electron chi connectivity index (χ2n) is 10.7. The summed E-state index contributed by atoms with van der Waals surface area (Å²) in [7, 11) is 3.80. The molecule has 0 saturated carbocycles. The van der Waals surface area contributed by atoms with E-state index < -0.39 is 0 Å². The molecular formula is C30H37N9O4. The third-order valence-electron chi connectivity index (χ3n) is 7.94. The molecule has 0 bridgehead atoms. The maximum absolute atomic E-state index is 13.4. The van der Waals surface area contributed by atoms with Gasteiger partial charge in [0.1, 0.15) is 11.1 Å². The van der Waals surface area contributed by atoms with Crippen LogP contribution in [0.4, 0.5) is 23.1 Å². The van der Waals surface area contributed by atoms with Crippen molar-refractivity contribution in [1.29, 1.82) is 0 Å². The largest absolute Gasteiger partial charge is 0.495 e. The van der Waals surface area contributed by atoms with Gasteiger partial charge >= 0.3 is 0 Å². The van der Waals surface area contributed by atoms with Gasteiger partial charge in [0, 0.05) is 57.2 Å². The lowest BCUT2D eigenvalue weighted by atomic mass is 10.2. The molecule has 1 aromatic carbocycles. The highest BCUT2D eigenvalue weighted by molar-refractivity contribution is 5.96. The number of methoxy groups -OCH3 is 1. The molecule has 2 aliphatic rings. The number of anilines is 4. The lowest BCUT2D eigenvalue weighted by Crippen LogP contribution is -2.44. The maximum atomic E-state index is 13.4. The zero-order valence-corrected chi connectivity index (χ0v) is 25.0. The number of fused-ring (bicyclic) bond motifs is 2. The Morgan fingerprint density at radius 1 is 1.05 bits per heavy atom. The van der Waals surface area contributed by atoms with Gasteiger partial charge in [-0.3, -0.25) is 14.5 Å². The van der Waals surface area contributed by atoms with Gasteiger partial charge in [-0.1, -0.05) is 13.3 Å². The predicted molar refractivity (Wildman–Crippen MR) is 165 cm³/mol. The summed E-state index contributed by atoms with van der Waals surface area (Å²) in [6, 6.07) is 9.50. The highest BCUT2D eigenvalue weighted by Crippen LogP contribution is 2.34. The monoisotopic (exact) mass is 587 g/mol. The molecule has 226 valence electrons. The van der Waals surface area contributed by atoms with Crippen molar-refractivity contribution >= 4 is 40.1 Å². The number of likely N-dealkylation sites (N-methyl/N-ethyl adjacent to an activating group) is 1. The molecular weight excluding hydrogens is 550 g/mol. The molecule has 4 aromatic rings. The number of nitrogens with one attached hydrogen (secondary N) is 1. The van der Waals surface area contributed by atoms with E-state index >= 15 is 0 Å². The Morgan fingerprint density at radius 2 is 1.86 bits per heavy atom. The molecule has 43 heavy (non-hydrogen) atoms. The fourth-order valence-corrected chi connectivity index (χ4v) is 5.53. The van der Waals surface area contributed by atoms with Gasteiger partial charge in [-0.05, 0) is 44.7 Å². The standard InChI is InChI=1S/C30H37N9O4/c1-5-7-12-37-26(40)19-43-23-10-11-25(33-28(23)37)39-27-21(29(41)38(39)6-2)18-31-30(34-27)32-20-8-9-22(24(17-20)42-4)36-15-13-35(3)14-16-36/h8-11,17-18H,5-7,12-16,19H2,1-4H3,(H,31,32,34). The average Bonchev–Trinajstić information content (AvgIpc) is 3.31. The zero-order chi connectivity index (χ0) is 30.1. The smallest absolute Gasteiger partial charge is 0.278 e. The third-order valence-corrected chi connectivity index (χ3v) is 7.94. The van der Waals surface area contributed by atoms with Crippen molar-refractivity contribution in [3.63, 3.8) is 0 Å². The van der Waals surface area contributed by atoms with Gasteiger partial charge in [0.05, 0.1) is 12.8 Å².